The third kappa shape index (κ3) is 6.63. The normalized spacial score (nSPS) is 18.3. The number of hydrogen-bond donors (Lipinski definition) is 2. The number of nitrogens with zero attached hydrogens (tertiary/aromatic N) is 3. The number of allylic oxidation sites excluding steroid dienone is 1. The second-order valence-corrected chi connectivity index (χ2v) is 9.64. The van der Waals surface area contributed by atoms with Crippen LogP contribution in [0, 0.1) is 11.8 Å². The zero-order valence-electron chi connectivity index (χ0n) is 19.6. The standard InChI is InChI=1S/C24H34ClN5O3/c1-15(2)33-21-10-9-19(13-20(21)25)27-22-28-23(31)29(12-11-17(4)26)24(32)30(22)14-18-7-5-16(3)6-8-18/h9-10,13,15-16,18H,4-8,11-12,14,26H2,1-3H3,(H,27,28,31). The summed E-state index contributed by atoms with van der Waals surface area (Å²) >= 11 is 6.37. The van der Waals surface area contributed by atoms with Crippen LogP contribution >= 0.6 is 11.6 Å². The summed E-state index contributed by atoms with van der Waals surface area (Å²) < 4.78 is 8.37. The number of benzene rings is 1. The number of halogens is 1. The predicted molar refractivity (Wildman–Crippen MR) is 132 cm³/mol. The molecule has 1 heterocycles. The van der Waals surface area contributed by atoms with E-state index >= 15 is 0 Å². The van der Waals surface area contributed by atoms with E-state index in [-0.39, 0.29) is 18.6 Å². The van der Waals surface area contributed by atoms with Gasteiger partial charge in [0.1, 0.15) is 5.75 Å². The van der Waals surface area contributed by atoms with E-state index in [1.54, 1.807) is 22.8 Å². The molecule has 0 spiro atoms. The third-order valence-corrected chi connectivity index (χ3v) is 6.23. The Hall–Kier alpha value is -2.74. The number of anilines is 2. The molecule has 0 unspecified atom stereocenters. The van der Waals surface area contributed by atoms with Crippen molar-refractivity contribution < 1.29 is 4.74 Å². The lowest BCUT2D eigenvalue weighted by Crippen LogP contribution is -2.43. The Bertz CT molecular complexity index is 1100. The van der Waals surface area contributed by atoms with Crippen molar-refractivity contribution in [1.29, 1.82) is 0 Å². The van der Waals surface area contributed by atoms with Gasteiger partial charge in [-0.15, -0.1) is 0 Å². The molecule has 1 aliphatic carbocycles. The molecule has 0 aliphatic heterocycles. The molecule has 3 N–H and O–H groups in total. The van der Waals surface area contributed by atoms with Crippen LogP contribution in [0.5, 0.6) is 5.75 Å². The first kappa shape index (κ1) is 24.9. The maximum atomic E-state index is 13.3. The predicted octanol–water partition coefficient (Wildman–Crippen LogP) is 4.28. The molecule has 1 saturated carbocycles. The molecule has 1 aliphatic rings. The van der Waals surface area contributed by atoms with Crippen molar-refractivity contribution >= 4 is 23.2 Å². The van der Waals surface area contributed by atoms with Crippen molar-refractivity contribution in [2.24, 2.45) is 17.6 Å². The van der Waals surface area contributed by atoms with E-state index in [1.807, 2.05) is 13.8 Å². The van der Waals surface area contributed by atoms with Crippen LogP contribution in [-0.4, -0.2) is 20.2 Å². The smallest absolute Gasteiger partial charge is 0.354 e. The van der Waals surface area contributed by atoms with Gasteiger partial charge in [0.15, 0.2) is 0 Å². The van der Waals surface area contributed by atoms with Crippen molar-refractivity contribution in [3.63, 3.8) is 0 Å². The lowest BCUT2D eigenvalue weighted by molar-refractivity contribution is 0.242. The average molecular weight is 476 g/mol. The third-order valence-electron chi connectivity index (χ3n) is 5.93. The van der Waals surface area contributed by atoms with E-state index in [0.717, 1.165) is 30.3 Å². The fourth-order valence-corrected chi connectivity index (χ4v) is 4.29. The van der Waals surface area contributed by atoms with E-state index in [1.165, 1.54) is 0 Å². The lowest BCUT2D eigenvalue weighted by atomic mass is 9.83. The monoisotopic (exact) mass is 475 g/mol. The Morgan fingerprint density at radius 2 is 1.97 bits per heavy atom. The molecule has 0 atom stereocenters. The summed E-state index contributed by atoms with van der Waals surface area (Å²) in [5.41, 5.74) is 5.66. The number of aromatic nitrogens is 3. The van der Waals surface area contributed by atoms with E-state index in [0.29, 0.717) is 47.0 Å². The van der Waals surface area contributed by atoms with Crippen molar-refractivity contribution in [2.45, 2.75) is 72.1 Å². The molecule has 1 aromatic carbocycles. The van der Waals surface area contributed by atoms with E-state index < -0.39 is 11.4 Å². The van der Waals surface area contributed by atoms with Crippen LogP contribution in [0.15, 0.2) is 40.1 Å². The fourth-order valence-electron chi connectivity index (χ4n) is 4.06. The first-order valence-corrected chi connectivity index (χ1v) is 11.9. The molecule has 0 amide bonds. The summed E-state index contributed by atoms with van der Waals surface area (Å²) in [6.45, 7) is 10.4. The Kier molecular flexibility index (Phi) is 8.24. The van der Waals surface area contributed by atoms with Gasteiger partial charge in [0.25, 0.3) is 0 Å². The highest BCUT2D eigenvalue weighted by molar-refractivity contribution is 6.32. The quantitative estimate of drug-likeness (QED) is 0.561. The summed E-state index contributed by atoms with van der Waals surface area (Å²) in [6.07, 6.45) is 4.67. The van der Waals surface area contributed by atoms with Crippen LogP contribution in [0.25, 0.3) is 0 Å². The second-order valence-electron chi connectivity index (χ2n) is 9.23. The first-order chi connectivity index (χ1) is 15.6. The molecule has 0 radical (unpaired) electrons. The fraction of sp³-hybridized carbons (Fsp3) is 0.542. The van der Waals surface area contributed by atoms with Gasteiger partial charge in [-0.2, -0.15) is 4.98 Å². The Balaban J connectivity index is 1.95. The zero-order chi connectivity index (χ0) is 24.1. The van der Waals surface area contributed by atoms with E-state index in [9.17, 15) is 9.59 Å². The van der Waals surface area contributed by atoms with Crippen molar-refractivity contribution in [3.8, 4) is 5.75 Å². The first-order valence-electron chi connectivity index (χ1n) is 11.5. The molecule has 180 valence electrons. The molecule has 1 fully saturated rings. The molecule has 0 saturated heterocycles. The van der Waals surface area contributed by atoms with Crippen molar-refractivity contribution in [3.05, 3.63) is 56.5 Å². The van der Waals surface area contributed by atoms with Gasteiger partial charge in [0.05, 0.1) is 11.1 Å². The van der Waals surface area contributed by atoms with Gasteiger partial charge in [-0.05, 0) is 56.7 Å². The maximum Gasteiger partial charge on any atom is 0.354 e. The minimum absolute atomic E-state index is 0.0106. The largest absolute Gasteiger partial charge is 0.489 e. The van der Waals surface area contributed by atoms with Crippen LogP contribution in [0.1, 0.15) is 52.9 Å². The highest BCUT2D eigenvalue weighted by Gasteiger charge is 2.22. The van der Waals surface area contributed by atoms with Gasteiger partial charge < -0.3 is 15.8 Å². The number of hydrogen-bond acceptors (Lipinski definition) is 6. The van der Waals surface area contributed by atoms with Gasteiger partial charge in [0, 0.05) is 30.9 Å². The van der Waals surface area contributed by atoms with Crippen LogP contribution in [0.3, 0.4) is 0 Å². The van der Waals surface area contributed by atoms with Crippen LogP contribution < -0.4 is 27.2 Å². The second kappa shape index (κ2) is 10.9. The van der Waals surface area contributed by atoms with Crippen LogP contribution in [-0.2, 0) is 13.1 Å². The minimum Gasteiger partial charge on any atom is -0.489 e. The van der Waals surface area contributed by atoms with E-state index in [4.69, 9.17) is 22.1 Å². The highest BCUT2D eigenvalue weighted by atomic mass is 35.5. The average Bonchev–Trinajstić information content (AvgIpc) is 2.73. The molecule has 9 heteroatoms. The van der Waals surface area contributed by atoms with Gasteiger partial charge in [-0.1, -0.05) is 37.9 Å². The SMILES string of the molecule is C=C(N)CCn1c(=O)nc(Nc2ccc(OC(C)C)c(Cl)c2)n(CC2CCC(C)CC2)c1=O. The zero-order valence-corrected chi connectivity index (χ0v) is 20.4. The molecule has 1 aromatic heterocycles. The van der Waals surface area contributed by atoms with Gasteiger partial charge in [-0.3, -0.25) is 4.57 Å². The summed E-state index contributed by atoms with van der Waals surface area (Å²) in [5, 5.41) is 3.55. The Morgan fingerprint density at radius 1 is 1.27 bits per heavy atom. The summed E-state index contributed by atoms with van der Waals surface area (Å²) in [5.74, 6) is 1.82. The van der Waals surface area contributed by atoms with Gasteiger partial charge >= 0.3 is 11.4 Å². The molecular weight excluding hydrogens is 442 g/mol. The number of ether oxygens (including phenoxy) is 1. The number of rotatable bonds is 9. The summed E-state index contributed by atoms with van der Waals surface area (Å²) in [7, 11) is 0. The lowest BCUT2D eigenvalue weighted by Gasteiger charge is -2.27. The topological polar surface area (TPSA) is 104 Å². The van der Waals surface area contributed by atoms with Crippen LogP contribution in [0.2, 0.25) is 5.02 Å². The highest BCUT2D eigenvalue weighted by Crippen LogP contribution is 2.31. The molecular formula is C24H34ClN5O3. The Labute approximate surface area is 199 Å². The van der Waals surface area contributed by atoms with Crippen molar-refractivity contribution in [2.75, 3.05) is 5.32 Å². The minimum atomic E-state index is -0.622. The number of nitrogens with two attached hydrogens (primary N) is 1. The van der Waals surface area contributed by atoms with Gasteiger partial charge in [-0.25, -0.2) is 14.2 Å². The maximum absolute atomic E-state index is 13.3. The van der Waals surface area contributed by atoms with Crippen LogP contribution in [0.4, 0.5) is 11.6 Å². The summed E-state index contributed by atoms with van der Waals surface area (Å²) in [6, 6.07) is 5.23. The van der Waals surface area contributed by atoms with E-state index in [2.05, 4.69) is 23.8 Å². The molecule has 0 bridgehead atoms. The Morgan fingerprint density at radius 3 is 2.58 bits per heavy atom. The molecule has 3 rings (SSSR count). The number of nitrogens with one attached hydrogen (secondary N) is 1. The molecule has 8 nitrogen and oxygen atoms in total. The molecule has 2 aromatic rings. The molecule has 33 heavy (non-hydrogen) atoms. The van der Waals surface area contributed by atoms with Gasteiger partial charge in [0.2, 0.25) is 5.95 Å². The summed E-state index contributed by atoms with van der Waals surface area (Å²) in [4.78, 5) is 30.2. The van der Waals surface area contributed by atoms with Crippen molar-refractivity contribution in [1.82, 2.24) is 14.1 Å².